The molecule has 0 aliphatic heterocycles. The van der Waals surface area contributed by atoms with Crippen molar-refractivity contribution in [2.75, 3.05) is 4.90 Å². The van der Waals surface area contributed by atoms with Crippen LogP contribution in [0.4, 0.5) is 17.1 Å². The normalized spacial score (nSPS) is 12.5. The van der Waals surface area contributed by atoms with Gasteiger partial charge in [-0.2, -0.15) is 0 Å². The van der Waals surface area contributed by atoms with Gasteiger partial charge in [-0.3, -0.25) is 0 Å². The number of anilines is 3. The van der Waals surface area contributed by atoms with Crippen molar-refractivity contribution in [3.05, 3.63) is 176 Å². The number of nitrogens with zero attached hydrogens (tertiary/aromatic N) is 3. The molecule has 0 aliphatic rings. The van der Waals surface area contributed by atoms with Crippen LogP contribution in [-0.4, -0.2) is 8.80 Å². The molecule has 0 N–H and O–H groups in total. The van der Waals surface area contributed by atoms with E-state index >= 15 is 0 Å². The van der Waals surface area contributed by atoms with E-state index in [1.807, 2.05) is 0 Å². The van der Waals surface area contributed by atoms with Crippen LogP contribution in [-0.2, 0) is 0 Å². The number of rotatable bonds is 3. The number of aromatic nitrogens is 2. The fourth-order valence-corrected chi connectivity index (χ4v) is 9.81. The lowest BCUT2D eigenvalue weighted by atomic mass is 9.97. The number of benzene rings is 9. The highest BCUT2D eigenvalue weighted by Gasteiger charge is 2.26. The quantitative estimate of drug-likeness (QED) is 0.182. The predicted octanol–water partition coefficient (Wildman–Crippen LogP) is 13.8. The number of para-hydroxylation sites is 4. The fraction of sp³-hybridized carbons (Fsp3) is 0. The molecule has 13 aromatic rings. The van der Waals surface area contributed by atoms with Gasteiger partial charge in [0, 0.05) is 54.5 Å². The third-order valence-corrected chi connectivity index (χ3v) is 11.9. The molecule has 4 aromatic heterocycles. The van der Waals surface area contributed by atoms with Gasteiger partial charge in [0.05, 0.1) is 38.8 Å². The summed E-state index contributed by atoms with van der Waals surface area (Å²) in [6, 6.07) is 65.0. The first-order valence-corrected chi connectivity index (χ1v) is 18.4. The standard InChI is InChI=1S/C50H29N3/c1-3-15-32(16-4-1)51(33-17-5-2-6-18-33)43-24-12-23-37-36-21-11-22-38-39-28-45-40(29-44(39)53(48(36)38)49(37)43)47-35-20-10-8-14-31(35)27-41-46-34-19-9-7-13-30(34)25-26-42(46)52(45)50(41)47/h1-29H. The molecule has 3 heteroatoms. The Balaban J connectivity index is 1.24. The van der Waals surface area contributed by atoms with Gasteiger partial charge in [-0.1, -0.05) is 121 Å². The molecule has 0 fully saturated rings. The summed E-state index contributed by atoms with van der Waals surface area (Å²) in [5, 5.41) is 15.5. The molecule has 4 heterocycles. The Kier molecular flexibility index (Phi) is 5.11. The maximum absolute atomic E-state index is 2.56. The Morgan fingerprint density at radius 3 is 1.62 bits per heavy atom. The van der Waals surface area contributed by atoms with E-state index in [2.05, 4.69) is 190 Å². The van der Waals surface area contributed by atoms with E-state index in [9.17, 15) is 0 Å². The number of hydrogen-bond donors (Lipinski definition) is 0. The van der Waals surface area contributed by atoms with Crippen LogP contribution in [0.5, 0.6) is 0 Å². The Hall–Kier alpha value is -7.10. The van der Waals surface area contributed by atoms with E-state index in [1.54, 1.807) is 0 Å². The van der Waals surface area contributed by atoms with Gasteiger partial charge in [0.1, 0.15) is 0 Å². The van der Waals surface area contributed by atoms with Gasteiger partial charge in [0.25, 0.3) is 0 Å². The molecular formula is C50H29N3. The first-order valence-electron chi connectivity index (χ1n) is 18.4. The molecule has 53 heavy (non-hydrogen) atoms. The lowest BCUT2D eigenvalue weighted by molar-refractivity contribution is 1.27. The zero-order valence-electron chi connectivity index (χ0n) is 28.6. The van der Waals surface area contributed by atoms with Crippen LogP contribution >= 0.6 is 0 Å². The molecule has 9 aromatic carbocycles. The molecule has 0 amide bonds. The van der Waals surface area contributed by atoms with Crippen molar-refractivity contribution >= 4 is 115 Å². The van der Waals surface area contributed by atoms with E-state index in [0.717, 1.165) is 17.1 Å². The average molecular weight is 672 g/mol. The van der Waals surface area contributed by atoms with E-state index < -0.39 is 0 Å². The minimum Gasteiger partial charge on any atom is -0.308 e. The van der Waals surface area contributed by atoms with Gasteiger partial charge in [-0.25, -0.2) is 0 Å². The van der Waals surface area contributed by atoms with Crippen LogP contribution in [0.2, 0.25) is 0 Å². The van der Waals surface area contributed by atoms with Crippen molar-refractivity contribution in [1.29, 1.82) is 0 Å². The molecule has 0 aliphatic carbocycles. The highest BCUT2D eigenvalue weighted by Crippen LogP contribution is 2.49. The highest BCUT2D eigenvalue weighted by molar-refractivity contribution is 6.36. The van der Waals surface area contributed by atoms with Crippen LogP contribution in [0.25, 0.3) is 97.7 Å². The van der Waals surface area contributed by atoms with E-state index in [-0.39, 0.29) is 0 Å². The van der Waals surface area contributed by atoms with Crippen molar-refractivity contribution in [2.24, 2.45) is 0 Å². The summed E-state index contributed by atoms with van der Waals surface area (Å²) < 4.78 is 5.11. The van der Waals surface area contributed by atoms with Crippen molar-refractivity contribution < 1.29 is 0 Å². The third-order valence-electron chi connectivity index (χ3n) is 11.9. The van der Waals surface area contributed by atoms with Crippen LogP contribution in [0, 0.1) is 0 Å². The second-order valence-corrected chi connectivity index (χ2v) is 14.5. The Labute approximate surface area is 303 Å². The summed E-state index contributed by atoms with van der Waals surface area (Å²) in [6.07, 6.45) is 0. The van der Waals surface area contributed by atoms with Crippen molar-refractivity contribution in [3.63, 3.8) is 0 Å². The van der Waals surface area contributed by atoms with Crippen LogP contribution in [0.15, 0.2) is 176 Å². The van der Waals surface area contributed by atoms with Crippen molar-refractivity contribution in [1.82, 2.24) is 8.80 Å². The molecule has 0 unspecified atom stereocenters. The first kappa shape index (κ1) is 27.6. The van der Waals surface area contributed by atoms with Crippen molar-refractivity contribution in [3.8, 4) is 0 Å². The summed E-state index contributed by atoms with van der Waals surface area (Å²) in [7, 11) is 0. The third kappa shape index (κ3) is 3.40. The Morgan fingerprint density at radius 1 is 0.302 bits per heavy atom. The molecule has 0 atom stereocenters. The Bertz CT molecular complexity index is 3570. The SMILES string of the molecule is c1ccc(N(c2ccccc2)c2cccc3c4cccc5c6cc7c(cc6n(c23)c54)c2c3ccccc3cc3c4c5ccccc5ccc4n7c32)cc1. The molecule has 13 rings (SSSR count). The fourth-order valence-electron chi connectivity index (χ4n) is 9.81. The molecule has 0 spiro atoms. The largest absolute Gasteiger partial charge is 0.308 e. The van der Waals surface area contributed by atoms with Gasteiger partial charge < -0.3 is 13.7 Å². The maximum Gasteiger partial charge on any atom is 0.0782 e. The van der Waals surface area contributed by atoms with Crippen molar-refractivity contribution in [2.45, 2.75) is 0 Å². The van der Waals surface area contributed by atoms with E-state index in [0.29, 0.717) is 0 Å². The first-order chi connectivity index (χ1) is 26.3. The van der Waals surface area contributed by atoms with Crippen LogP contribution in [0.1, 0.15) is 0 Å². The molecule has 0 saturated carbocycles. The minimum atomic E-state index is 1.13. The predicted molar refractivity (Wildman–Crippen MR) is 225 cm³/mol. The highest BCUT2D eigenvalue weighted by atomic mass is 15.2. The van der Waals surface area contributed by atoms with Gasteiger partial charge in [0.15, 0.2) is 0 Å². The summed E-state index contributed by atoms with van der Waals surface area (Å²) in [5.41, 5.74) is 11.0. The summed E-state index contributed by atoms with van der Waals surface area (Å²) >= 11 is 0. The molecule has 0 radical (unpaired) electrons. The van der Waals surface area contributed by atoms with Gasteiger partial charge in [0.2, 0.25) is 0 Å². The number of hydrogen-bond acceptors (Lipinski definition) is 1. The summed E-state index contributed by atoms with van der Waals surface area (Å²) in [4.78, 5) is 2.41. The lowest BCUT2D eigenvalue weighted by Gasteiger charge is -2.26. The molecular weight excluding hydrogens is 643 g/mol. The number of fused-ring (bicyclic) bond motifs is 16. The van der Waals surface area contributed by atoms with E-state index in [4.69, 9.17) is 0 Å². The second kappa shape index (κ2) is 9.81. The monoisotopic (exact) mass is 671 g/mol. The van der Waals surface area contributed by atoms with E-state index in [1.165, 1.54) is 97.7 Å². The average Bonchev–Trinajstić information content (AvgIpc) is 3.94. The molecule has 0 bridgehead atoms. The maximum atomic E-state index is 2.56. The van der Waals surface area contributed by atoms with Gasteiger partial charge in [-0.15, -0.1) is 0 Å². The molecule has 0 saturated heterocycles. The smallest absolute Gasteiger partial charge is 0.0782 e. The Morgan fingerprint density at radius 2 is 0.868 bits per heavy atom. The van der Waals surface area contributed by atoms with Gasteiger partial charge in [-0.05, 0) is 76.1 Å². The zero-order chi connectivity index (χ0) is 34.4. The summed E-state index contributed by atoms with van der Waals surface area (Å²) in [6.45, 7) is 0. The molecule has 3 nitrogen and oxygen atoms in total. The lowest BCUT2D eigenvalue weighted by Crippen LogP contribution is -2.10. The second-order valence-electron chi connectivity index (χ2n) is 14.5. The topological polar surface area (TPSA) is 12.1 Å². The van der Waals surface area contributed by atoms with Crippen LogP contribution in [0.3, 0.4) is 0 Å². The molecule has 244 valence electrons. The van der Waals surface area contributed by atoms with Crippen LogP contribution < -0.4 is 4.90 Å². The van der Waals surface area contributed by atoms with Gasteiger partial charge >= 0.3 is 0 Å². The summed E-state index contributed by atoms with van der Waals surface area (Å²) in [5.74, 6) is 0. The minimum absolute atomic E-state index is 1.13. The zero-order valence-corrected chi connectivity index (χ0v) is 28.6.